The quantitative estimate of drug-likeness (QED) is 0.265. The third-order valence-corrected chi connectivity index (χ3v) is 9.81. The average Bonchev–Trinajstić information content (AvgIpc) is 3.89. The number of hydrogen-bond donors (Lipinski definition) is 2. The fourth-order valence-corrected chi connectivity index (χ4v) is 6.83. The molecule has 3 aromatic heterocycles. The molecule has 15 nitrogen and oxygen atoms in total. The van der Waals surface area contributed by atoms with Crippen molar-refractivity contribution >= 4 is 21.8 Å². The second-order valence-electron chi connectivity index (χ2n) is 11.6. The van der Waals surface area contributed by atoms with Crippen LogP contribution < -0.4 is 20.1 Å². The first kappa shape index (κ1) is 34.4. The molecule has 0 aliphatic carbocycles. The summed E-state index contributed by atoms with van der Waals surface area (Å²) in [7, 11) is -2.69. The van der Waals surface area contributed by atoms with E-state index in [2.05, 4.69) is 26.1 Å². The van der Waals surface area contributed by atoms with Crippen LogP contribution in [0.5, 0.6) is 11.5 Å². The number of ether oxygens (including phenoxy) is 2. The number of benzene rings is 2. The van der Waals surface area contributed by atoms with Gasteiger partial charge in [0, 0.05) is 57.7 Å². The van der Waals surface area contributed by atoms with E-state index < -0.39 is 27.9 Å². The first-order valence-corrected chi connectivity index (χ1v) is 17.5. The van der Waals surface area contributed by atoms with Gasteiger partial charge in [-0.1, -0.05) is 46.8 Å². The summed E-state index contributed by atoms with van der Waals surface area (Å²) in [6.45, 7) is 2.30. The van der Waals surface area contributed by atoms with E-state index >= 15 is 0 Å². The van der Waals surface area contributed by atoms with Gasteiger partial charge < -0.3 is 29.0 Å². The molecular weight excluding hydrogens is 666 g/mol. The number of carbonyl (C=O) groups is 2. The number of furan rings is 1. The predicted molar refractivity (Wildman–Crippen MR) is 179 cm³/mol. The lowest BCUT2D eigenvalue weighted by molar-refractivity contribution is -0.123. The fraction of sp³-hybridized carbons (Fsp3) is 0.324. The molecule has 5 aromatic rings. The second kappa shape index (κ2) is 15.4. The van der Waals surface area contributed by atoms with Gasteiger partial charge >= 0.3 is 0 Å². The standard InChI is InChI=1S/C34H37N7O8S/c1-23-20-30(49-38-23)28-12-13-31(48-28)50(44,45)41-17-14-25-22-40(39-37-25)16-7-19-47-32-26(10-6-11-29(32)46-2)33(42)36-27(34(43)35-15-18-41)21-24-8-4-3-5-9-24/h3-6,8-13,20,22,27H,7,14-19,21H2,1-2H3,(H,35,43)(H,36,42)/t27-/m0/s1. The van der Waals surface area contributed by atoms with Crippen molar-refractivity contribution in [2.45, 2.75) is 43.9 Å². The smallest absolute Gasteiger partial charge is 0.276 e. The minimum absolute atomic E-state index is 0.0245. The molecule has 1 aliphatic heterocycles. The Kier molecular flexibility index (Phi) is 10.6. The van der Waals surface area contributed by atoms with Gasteiger partial charge in [0.1, 0.15) is 6.04 Å². The van der Waals surface area contributed by atoms with Gasteiger partial charge in [-0.25, -0.2) is 8.42 Å². The highest BCUT2D eigenvalue weighted by Crippen LogP contribution is 2.32. The maximum Gasteiger partial charge on any atom is 0.276 e. The van der Waals surface area contributed by atoms with Crippen molar-refractivity contribution in [2.24, 2.45) is 0 Å². The molecule has 2 N–H and O–H groups in total. The number of para-hydroxylation sites is 1. The summed E-state index contributed by atoms with van der Waals surface area (Å²) in [4.78, 5) is 27.4. The van der Waals surface area contributed by atoms with Crippen molar-refractivity contribution in [2.75, 3.05) is 33.4 Å². The molecule has 16 heteroatoms. The first-order chi connectivity index (χ1) is 24.2. The lowest BCUT2D eigenvalue weighted by atomic mass is 10.0. The highest BCUT2D eigenvalue weighted by molar-refractivity contribution is 7.89. The number of carbonyl (C=O) groups excluding carboxylic acids is 2. The Labute approximate surface area is 288 Å². The molecule has 262 valence electrons. The minimum Gasteiger partial charge on any atom is -0.493 e. The molecule has 2 bridgehead atoms. The number of nitrogens with zero attached hydrogens (tertiary/aromatic N) is 5. The molecule has 0 saturated carbocycles. The molecule has 0 spiro atoms. The number of aromatic nitrogens is 4. The number of aryl methyl sites for hydroxylation is 2. The summed E-state index contributed by atoms with van der Waals surface area (Å²) in [6.07, 6.45) is 2.70. The normalized spacial score (nSPS) is 17.0. The molecule has 0 radical (unpaired) electrons. The van der Waals surface area contributed by atoms with Gasteiger partial charge in [-0.05, 0) is 36.8 Å². The van der Waals surface area contributed by atoms with Gasteiger partial charge in [0.15, 0.2) is 17.3 Å². The Morgan fingerprint density at radius 3 is 2.62 bits per heavy atom. The van der Waals surface area contributed by atoms with E-state index in [1.165, 1.54) is 23.5 Å². The van der Waals surface area contributed by atoms with Gasteiger partial charge in [0.05, 0.1) is 30.7 Å². The highest BCUT2D eigenvalue weighted by atomic mass is 32.2. The van der Waals surface area contributed by atoms with Gasteiger partial charge in [-0.2, -0.15) is 4.31 Å². The summed E-state index contributed by atoms with van der Waals surface area (Å²) in [5.74, 6) is 0.0996. The van der Waals surface area contributed by atoms with Crippen molar-refractivity contribution in [3.8, 4) is 23.0 Å². The van der Waals surface area contributed by atoms with Gasteiger partial charge in [0.2, 0.25) is 16.8 Å². The van der Waals surface area contributed by atoms with E-state index in [9.17, 15) is 18.0 Å². The van der Waals surface area contributed by atoms with Gasteiger partial charge in [-0.3, -0.25) is 14.3 Å². The van der Waals surface area contributed by atoms with Crippen LogP contribution in [0.2, 0.25) is 0 Å². The van der Waals surface area contributed by atoms with Crippen molar-refractivity contribution in [1.29, 1.82) is 0 Å². The Bertz CT molecular complexity index is 2040. The van der Waals surface area contributed by atoms with Crippen LogP contribution in [0.1, 0.15) is 33.7 Å². The van der Waals surface area contributed by atoms with Crippen LogP contribution in [0.15, 0.2) is 87.0 Å². The zero-order valence-corrected chi connectivity index (χ0v) is 28.4. The average molecular weight is 704 g/mol. The van der Waals surface area contributed by atoms with Crippen molar-refractivity contribution in [3.63, 3.8) is 0 Å². The third-order valence-electron chi connectivity index (χ3n) is 8.04. The van der Waals surface area contributed by atoms with Gasteiger partial charge in [-0.15, -0.1) is 5.10 Å². The van der Waals surface area contributed by atoms with E-state index in [1.54, 1.807) is 42.1 Å². The number of rotatable bonds is 6. The Balaban J connectivity index is 1.28. The highest BCUT2D eigenvalue weighted by Gasteiger charge is 2.30. The summed E-state index contributed by atoms with van der Waals surface area (Å²) >= 11 is 0. The molecule has 4 heterocycles. The monoisotopic (exact) mass is 703 g/mol. The SMILES string of the molecule is COc1cccc2c1OCCCn1cc(nn1)CCN(S(=O)(=O)c1ccc(-c3cc(C)no3)o1)CCNC(=O)[C@H](Cc1ccccc1)NC2=O. The van der Waals surface area contributed by atoms with Crippen molar-refractivity contribution in [1.82, 2.24) is 35.1 Å². The molecule has 1 aliphatic rings. The molecule has 0 fully saturated rings. The topological polar surface area (TPSA) is 184 Å². The van der Waals surface area contributed by atoms with Gasteiger partial charge in [0.25, 0.3) is 15.9 Å². The lowest BCUT2D eigenvalue weighted by Gasteiger charge is -2.23. The van der Waals surface area contributed by atoms with E-state index in [4.69, 9.17) is 18.4 Å². The molecule has 0 unspecified atom stereocenters. The summed E-state index contributed by atoms with van der Waals surface area (Å²) in [5, 5.41) is 17.6. The summed E-state index contributed by atoms with van der Waals surface area (Å²) in [6, 6.07) is 17.7. The number of sulfonamides is 1. The molecular formula is C34H37N7O8S. The Morgan fingerprint density at radius 2 is 1.84 bits per heavy atom. The maximum atomic E-state index is 13.9. The number of hydrogen-bond acceptors (Lipinski definition) is 11. The van der Waals surface area contributed by atoms with Crippen molar-refractivity contribution in [3.05, 3.63) is 95.4 Å². The minimum atomic E-state index is -4.18. The third kappa shape index (κ3) is 8.03. The number of amides is 2. The van der Waals surface area contributed by atoms with E-state index in [0.717, 1.165) is 5.56 Å². The molecule has 1 atom stereocenters. The maximum absolute atomic E-state index is 13.9. The molecule has 0 saturated heterocycles. The zero-order valence-electron chi connectivity index (χ0n) is 27.6. The number of nitrogens with one attached hydrogen (secondary N) is 2. The number of fused-ring (bicyclic) bond motifs is 3. The Hall–Kier alpha value is -5.48. The van der Waals surface area contributed by atoms with Crippen LogP contribution >= 0.6 is 0 Å². The van der Waals surface area contributed by atoms with E-state index in [0.29, 0.717) is 35.9 Å². The van der Waals surface area contributed by atoms with E-state index in [1.807, 2.05) is 30.3 Å². The fourth-order valence-electron chi connectivity index (χ4n) is 5.48. The van der Waals surface area contributed by atoms with Crippen LogP contribution in [-0.4, -0.2) is 84.1 Å². The van der Waals surface area contributed by atoms with Crippen LogP contribution in [0, 0.1) is 6.92 Å². The summed E-state index contributed by atoms with van der Waals surface area (Å²) in [5.41, 5.74) is 2.22. The van der Waals surface area contributed by atoms with Crippen LogP contribution in [-0.2, 0) is 34.2 Å². The van der Waals surface area contributed by atoms with Crippen LogP contribution in [0.25, 0.3) is 11.5 Å². The summed E-state index contributed by atoms with van der Waals surface area (Å²) < 4.78 is 53.2. The lowest BCUT2D eigenvalue weighted by Crippen LogP contribution is -2.49. The molecule has 50 heavy (non-hydrogen) atoms. The molecule has 2 aromatic carbocycles. The zero-order chi connectivity index (χ0) is 35.1. The largest absolute Gasteiger partial charge is 0.493 e. The predicted octanol–water partition coefficient (Wildman–Crippen LogP) is 3.02. The second-order valence-corrected chi connectivity index (χ2v) is 13.5. The van der Waals surface area contributed by atoms with Crippen LogP contribution in [0.3, 0.4) is 0 Å². The molecule has 2 amide bonds. The number of methoxy groups -OCH3 is 1. The van der Waals surface area contributed by atoms with Crippen LogP contribution in [0.4, 0.5) is 0 Å². The molecule has 6 rings (SSSR count). The van der Waals surface area contributed by atoms with E-state index in [-0.39, 0.29) is 61.2 Å². The Morgan fingerprint density at radius 1 is 1.00 bits per heavy atom. The van der Waals surface area contributed by atoms with Crippen molar-refractivity contribution < 1.29 is 36.4 Å². The first-order valence-electron chi connectivity index (χ1n) is 16.1.